The van der Waals surface area contributed by atoms with Crippen LogP contribution in [0.2, 0.25) is 0 Å². The number of hydrogen-bond acceptors (Lipinski definition) is 5. The molecule has 0 fully saturated rings. The lowest BCUT2D eigenvalue weighted by atomic mass is 10.1. The molecule has 2 aromatic carbocycles. The van der Waals surface area contributed by atoms with E-state index in [4.69, 9.17) is 0 Å². The van der Waals surface area contributed by atoms with Crippen molar-refractivity contribution in [1.29, 1.82) is 0 Å². The molecule has 0 atom stereocenters. The molecule has 2 heterocycles. The Morgan fingerprint density at radius 3 is 2.64 bits per heavy atom. The number of anilines is 1. The average Bonchev–Trinajstić information content (AvgIpc) is 3.21. The Morgan fingerprint density at radius 1 is 1.07 bits per heavy atom. The Labute approximate surface area is 158 Å². The summed E-state index contributed by atoms with van der Waals surface area (Å²) in [6, 6.07) is 12.5. The van der Waals surface area contributed by atoms with Crippen molar-refractivity contribution >= 4 is 11.6 Å². The van der Waals surface area contributed by atoms with Crippen LogP contribution in [-0.4, -0.2) is 31.2 Å². The maximum atomic E-state index is 13.4. The van der Waals surface area contributed by atoms with E-state index in [-0.39, 0.29) is 17.4 Å². The molecule has 0 saturated heterocycles. The van der Waals surface area contributed by atoms with Crippen molar-refractivity contribution in [1.82, 2.24) is 20.2 Å². The van der Waals surface area contributed by atoms with Crippen molar-refractivity contribution in [2.75, 3.05) is 5.32 Å². The van der Waals surface area contributed by atoms with Crippen LogP contribution in [0.5, 0.6) is 5.75 Å². The summed E-state index contributed by atoms with van der Waals surface area (Å²) >= 11 is 0. The number of phenolic OH excluding ortho intramolecular Hbond substituents is 1. The molecule has 0 radical (unpaired) electrons. The van der Waals surface area contributed by atoms with E-state index in [1.54, 1.807) is 30.3 Å². The smallest absolute Gasteiger partial charge is 0.275 e. The highest BCUT2D eigenvalue weighted by molar-refractivity contribution is 6.02. The van der Waals surface area contributed by atoms with Crippen LogP contribution in [0.25, 0.3) is 22.5 Å². The molecule has 2 aromatic heterocycles. The van der Waals surface area contributed by atoms with Crippen molar-refractivity contribution in [2.24, 2.45) is 0 Å². The van der Waals surface area contributed by atoms with Crippen molar-refractivity contribution in [3.8, 4) is 28.3 Å². The van der Waals surface area contributed by atoms with Gasteiger partial charge in [-0.1, -0.05) is 12.1 Å². The third-order valence-corrected chi connectivity index (χ3v) is 4.06. The minimum Gasteiger partial charge on any atom is -0.507 e. The number of aromatic nitrogens is 4. The number of aromatic hydroxyl groups is 1. The van der Waals surface area contributed by atoms with E-state index >= 15 is 0 Å². The first kappa shape index (κ1) is 17.3. The van der Waals surface area contributed by atoms with Crippen molar-refractivity contribution < 1.29 is 14.3 Å². The standard InChI is InChI=1S/C20H14FN5O2/c21-13-3-6-19(27)15(9-13)17-10-16(25-26-17)12-1-4-14(5-2-12)24-20(28)18-11-22-7-8-23-18/h1-11,27H,(H,24,28)(H,25,26). The molecule has 4 rings (SSSR count). The van der Waals surface area contributed by atoms with E-state index in [0.717, 1.165) is 5.56 Å². The largest absolute Gasteiger partial charge is 0.507 e. The summed E-state index contributed by atoms with van der Waals surface area (Å²) in [5.41, 5.74) is 3.04. The van der Waals surface area contributed by atoms with Gasteiger partial charge in [0.15, 0.2) is 0 Å². The number of phenols is 1. The SMILES string of the molecule is O=C(Nc1ccc(-c2cc(-c3cc(F)ccc3O)n[nH]2)cc1)c1cnccn1. The molecule has 0 aliphatic rings. The van der Waals surface area contributed by atoms with Gasteiger partial charge in [-0.25, -0.2) is 9.37 Å². The van der Waals surface area contributed by atoms with Gasteiger partial charge in [-0.2, -0.15) is 5.10 Å². The summed E-state index contributed by atoms with van der Waals surface area (Å²) < 4.78 is 13.4. The van der Waals surface area contributed by atoms with E-state index in [1.165, 1.54) is 36.8 Å². The predicted octanol–water partition coefficient (Wildman–Crippen LogP) is 3.63. The molecule has 138 valence electrons. The highest BCUT2D eigenvalue weighted by Crippen LogP contribution is 2.31. The minimum absolute atomic E-state index is 0.0541. The summed E-state index contributed by atoms with van der Waals surface area (Å²) in [6.07, 6.45) is 4.33. The number of nitrogens with zero attached hydrogens (tertiary/aromatic N) is 3. The number of nitrogens with one attached hydrogen (secondary N) is 2. The van der Waals surface area contributed by atoms with Crippen LogP contribution in [0.1, 0.15) is 10.5 Å². The highest BCUT2D eigenvalue weighted by atomic mass is 19.1. The van der Waals surface area contributed by atoms with Gasteiger partial charge in [-0.15, -0.1) is 0 Å². The predicted molar refractivity (Wildman–Crippen MR) is 101 cm³/mol. The van der Waals surface area contributed by atoms with Crippen LogP contribution in [0, 0.1) is 5.82 Å². The highest BCUT2D eigenvalue weighted by Gasteiger charge is 2.12. The lowest BCUT2D eigenvalue weighted by molar-refractivity contribution is 0.102. The van der Waals surface area contributed by atoms with Gasteiger partial charge in [0.05, 0.1) is 17.6 Å². The van der Waals surface area contributed by atoms with Crippen LogP contribution < -0.4 is 5.32 Å². The fraction of sp³-hybridized carbons (Fsp3) is 0. The molecule has 0 unspecified atom stereocenters. The number of carbonyl (C=O) groups is 1. The molecule has 4 aromatic rings. The molecule has 8 heteroatoms. The maximum absolute atomic E-state index is 13.4. The quantitative estimate of drug-likeness (QED) is 0.505. The van der Waals surface area contributed by atoms with Crippen LogP contribution in [-0.2, 0) is 0 Å². The van der Waals surface area contributed by atoms with Gasteiger partial charge in [0.1, 0.15) is 17.3 Å². The lowest BCUT2D eigenvalue weighted by Gasteiger charge is -2.05. The zero-order valence-corrected chi connectivity index (χ0v) is 14.4. The van der Waals surface area contributed by atoms with Gasteiger partial charge >= 0.3 is 0 Å². The fourth-order valence-electron chi connectivity index (χ4n) is 2.67. The minimum atomic E-state index is -0.458. The second-order valence-corrected chi connectivity index (χ2v) is 5.95. The van der Waals surface area contributed by atoms with Crippen LogP contribution in [0.4, 0.5) is 10.1 Å². The number of benzene rings is 2. The van der Waals surface area contributed by atoms with Gasteiger partial charge in [-0.3, -0.25) is 14.9 Å². The molecular weight excluding hydrogens is 361 g/mol. The monoisotopic (exact) mass is 375 g/mol. The summed E-state index contributed by atoms with van der Waals surface area (Å²) in [5, 5.41) is 19.7. The molecule has 0 aliphatic carbocycles. The second-order valence-electron chi connectivity index (χ2n) is 5.95. The molecule has 0 spiro atoms. The van der Waals surface area contributed by atoms with Crippen molar-refractivity contribution in [3.05, 3.63) is 78.6 Å². The number of rotatable bonds is 4. The molecule has 28 heavy (non-hydrogen) atoms. The van der Waals surface area contributed by atoms with Crippen LogP contribution in [0.15, 0.2) is 67.1 Å². The number of aromatic amines is 1. The molecular formula is C20H14FN5O2. The Kier molecular flexibility index (Phi) is 4.51. The molecule has 0 bridgehead atoms. The molecule has 7 nitrogen and oxygen atoms in total. The second kappa shape index (κ2) is 7.28. The zero-order chi connectivity index (χ0) is 19.5. The van der Waals surface area contributed by atoms with Crippen LogP contribution in [0.3, 0.4) is 0 Å². The number of hydrogen-bond donors (Lipinski definition) is 3. The number of amides is 1. The average molecular weight is 375 g/mol. The zero-order valence-electron chi connectivity index (χ0n) is 14.4. The molecule has 1 amide bonds. The maximum Gasteiger partial charge on any atom is 0.275 e. The van der Waals surface area contributed by atoms with Gasteiger partial charge in [0.25, 0.3) is 5.91 Å². The van der Waals surface area contributed by atoms with Crippen LogP contribution >= 0.6 is 0 Å². The van der Waals surface area contributed by atoms with E-state index in [9.17, 15) is 14.3 Å². The van der Waals surface area contributed by atoms with Gasteiger partial charge in [-0.05, 0) is 42.0 Å². The first-order valence-corrected chi connectivity index (χ1v) is 8.32. The van der Waals surface area contributed by atoms with E-state index < -0.39 is 5.82 Å². The van der Waals surface area contributed by atoms with Gasteiger partial charge < -0.3 is 10.4 Å². The number of H-pyrrole nitrogens is 1. The summed E-state index contributed by atoms with van der Waals surface area (Å²) in [5.74, 6) is -0.867. The van der Waals surface area contributed by atoms with E-state index in [1.807, 2.05) is 0 Å². The van der Waals surface area contributed by atoms with E-state index in [2.05, 4.69) is 25.5 Å². The molecule has 0 saturated carbocycles. The van der Waals surface area contributed by atoms with E-state index in [0.29, 0.717) is 22.6 Å². The normalized spacial score (nSPS) is 10.6. The van der Waals surface area contributed by atoms with Crippen molar-refractivity contribution in [3.63, 3.8) is 0 Å². The number of halogens is 1. The summed E-state index contributed by atoms with van der Waals surface area (Å²) in [4.78, 5) is 19.9. The molecule has 0 aliphatic heterocycles. The summed E-state index contributed by atoms with van der Waals surface area (Å²) in [7, 11) is 0. The number of carbonyl (C=O) groups excluding carboxylic acids is 1. The summed E-state index contributed by atoms with van der Waals surface area (Å²) in [6.45, 7) is 0. The third-order valence-electron chi connectivity index (χ3n) is 4.06. The Bertz CT molecular complexity index is 1130. The van der Waals surface area contributed by atoms with Gasteiger partial charge in [0, 0.05) is 23.6 Å². The Balaban J connectivity index is 1.52. The fourth-order valence-corrected chi connectivity index (χ4v) is 2.67. The topological polar surface area (TPSA) is 104 Å². The first-order chi connectivity index (χ1) is 13.6. The lowest BCUT2D eigenvalue weighted by Crippen LogP contribution is -2.13. The first-order valence-electron chi connectivity index (χ1n) is 8.32. The third kappa shape index (κ3) is 3.56. The van der Waals surface area contributed by atoms with Crippen molar-refractivity contribution in [2.45, 2.75) is 0 Å². The molecule has 3 N–H and O–H groups in total. The Morgan fingerprint density at radius 2 is 1.89 bits per heavy atom. The van der Waals surface area contributed by atoms with Gasteiger partial charge in [0.2, 0.25) is 0 Å². The Hall–Kier alpha value is -4.07.